The van der Waals surface area contributed by atoms with E-state index < -0.39 is 0 Å². The minimum atomic E-state index is -0.292. The van der Waals surface area contributed by atoms with Gasteiger partial charge in [0.05, 0.1) is 5.69 Å². The van der Waals surface area contributed by atoms with Gasteiger partial charge in [-0.1, -0.05) is 0 Å². The second-order valence-corrected chi connectivity index (χ2v) is 7.18. The summed E-state index contributed by atoms with van der Waals surface area (Å²) in [5, 5.41) is 7.84. The van der Waals surface area contributed by atoms with Crippen molar-refractivity contribution in [2.75, 3.05) is 16.8 Å². The SMILES string of the molecule is CCN(C(C)=O)c1nc(/C=C/C(=O)c2ccc(NC(=O)NC(C)C)cc2)cs1. The standard InChI is InChI=1S/C20H24N4O3S/c1-5-24(14(4)25)20-23-17(12-28-20)10-11-18(26)15-6-8-16(9-7-15)22-19(27)21-13(2)3/h6-13H,5H2,1-4H3,(H2,21,22,27)/b11-10+. The van der Waals surface area contributed by atoms with Crippen molar-refractivity contribution in [3.05, 3.63) is 47.0 Å². The number of amides is 3. The molecule has 0 radical (unpaired) electrons. The zero-order valence-corrected chi connectivity index (χ0v) is 17.2. The highest BCUT2D eigenvalue weighted by molar-refractivity contribution is 7.14. The Balaban J connectivity index is 2.00. The highest BCUT2D eigenvalue weighted by Crippen LogP contribution is 2.21. The fraction of sp³-hybridized carbons (Fsp3) is 0.300. The zero-order chi connectivity index (χ0) is 20.7. The van der Waals surface area contributed by atoms with Crippen LogP contribution < -0.4 is 15.5 Å². The van der Waals surface area contributed by atoms with E-state index in [1.165, 1.54) is 24.3 Å². The molecule has 0 atom stereocenters. The van der Waals surface area contributed by atoms with Crippen LogP contribution in [0.5, 0.6) is 0 Å². The number of urea groups is 1. The Kier molecular flexibility index (Phi) is 7.45. The summed E-state index contributed by atoms with van der Waals surface area (Å²) in [6, 6.07) is 6.40. The summed E-state index contributed by atoms with van der Waals surface area (Å²) in [6.45, 7) is 7.67. The third-order valence-corrected chi connectivity index (χ3v) is 4.57. The van der Waals surface area contributed by atoms with Gasteiger partial charge in [-0.05, 0) is 57.2 Å². The quantitative estimate of drug-likeness (QED) is 0.544. The van der Waals surface area contributed by atoms with E-state index in [0.29, 0.717) is 28.6 Å². The number of nitrogens with zero attached hydrogens (tertiary/aromatic N) is 2. The molecule has 3 amide bonds. The van der Waals surface area contributed by atoms with Crippen molar-refractivity contribution in [3.8, 4) is 0 Å². The van der Waals surface area contributed by atoms with Crippen molar-refractivity contribution in [3.63, 3.8) is 0 Å². The van der Waals surface area contributed by atoms with Crippen LogP contribution in [0.3, 0.4) is 0 Å². The number of thiazole rings is 1. The molecule has 0 aliphatic carbocycles. The van der Waals surface area contributed by atoms with Gasteiger partial charge < -0.3 is 10.6 Å². The number of hydrogen-bond donors (Lipinski definition) is 2. The van der Waals surface area contributed by atoms with Gasteiger partial charge in [-0.25, -0.2) is 9.78 Å². The van der Waals surface area contributed by atoms with Crippen LogP contribution in [0, 0.1) is 0 Å². The van der Waals surface area contributed by atoms with Crippen LogP contribution in [-0.4, -0.2) is 35.3 Å². The average Bonchev–Trinajstić information content (AvgIpc) is 3.08. The Morgan fingerprint density at radius 3 is 2.46 bits per heavy atom. The van der Waals surface area contributed by atoms with Crippen molar-refractivity contribution in [2.45, 2.75) is 33.7 Å². The first-order chi connectivity index (χ1) is 13.3. The molecular weight excluding hydrogens is 376 g/mol. The zero-order valence-electron chi connectivity index (χ0n) is 16.4. The van der Waals surface area contributed by atoms with Crippen molar-refractivity contribution in [2.24, 2.45) is 0 Å². The summed E-state index contributed by atoms with van der Waals surface area (Å²) in [6.07, 6.45) is 3.06. The Morgan fingerprint density at radius 2 is 1.89 bits per heavy atom. The van der Waals surface area contributed by atoms with Crippen LogP contribution in [0.1, 0.15) is 43.7 Å². The molecular formula is C20H24N4O3S. The Morgan fingerprint density at radius 1 is 1.21 bits per heavy atom. The van der Waals surface area contributed by atoms with Gasteiger partial charge >= 0.3 is 6.03 Å². The lowest BCUT2D eigenvalue weighted by Gasteiger charge is -2.14. The van der Waals surface area contributed by atoms with Gasteiger partial charge in [0.2, 0.25) is 5.91 Å². The van der Waals surface area contributed by atoms with Crippen LogP contribution in [0.15, 0.2) is 35.7 Å². The van der Waals surface area contributed by atoms with Gasteiger partial charge in [-0.3, -0.25) is 14.5 Å². The first-order valence-electron chi connectivity index (χ1n) is 8.93. The number of benzene rings is 1. The lowest BCUT2D eigenvalue weighted by atomic mass is 10.1. The van der Waals surface area contributed by atoms with E-state index in [4.69, 9.17) is 0 Å². The number of carbonyl (C=O) groups is 3. The summed E-state index contributed by atoms with van der Waals surface area (Å²) < 4.78 is 0. The van der Waals surface area contributed by atoms with Gasteiger partial charge in [-0.2, -0.15) is 0 Å². The van der Waals surface area contributed by atoms with E-state index in [9.17, 15) is 14.4 Å². The van der Waals surface area contributed by atoms with E-state index in [2.05, 4.69) is 15.6 Å². The molecule has 0 fully saturated rings. The molecule has 0 spiro atoms. The molecule has 148 valence electrons. The number of carbonyl (C=O) groups excluding carboxylic acids is 3. The van der Waals surface area contributed by atoms with Crippen LogP contribution in [0.4, 0.5) is 15.6 Å². The average molecular weight is 401 g/mol. The number of allylic oxidation sites excluding steroid dienone is 1. The Hall–Kier alpha value is -3.00. The largest absolute Gasteiger partial charge is 0.336 e. The second kappa shape index (κ2) is 9.80. The maximum atomic E-state index is 12.3. The maximum absolute atomic E-state index is 12.3. The number of rotatable bonds is 7. The van der Waals surface area contributed by atoms with E-state index >= 15 is 0 Å². The van der Waals surface area contributed by atoms with Crippen LogP contribution in [0.25, 0.3) is 6.08 Å². The molecule has 0 unspecified atom stereocenters. The number of ketones is 1. The molecule has 28 heavy (non-hydrogen) atoms. The molecule has 0 aliphatic heterocycles. The van der Waals surface area contributed by atoms with E-state index in [0.717, 1.165) is 0 Å². The molecule has 0 aliphatic rings. The minimum Gasteiger partial charge on any atom is -0.336 e. The third-order valence-electron chi connectivity index (χ3n) is 3.69. The molecule has 0 saturated heterocycles. The van der Waals surface area contributed by atoms with Crippen LogP contribution >= 0.6 is 11.3 Å². The topological polar surface area (TPSA) is 91.4 Å². The Labute approximate surface area is 168 Å². The molecule has 2 rings (SSSR count). The van der Waals surface area contributed by atoms with Gasteiger partial charge in [0, 0.05) is 36.1 Å². The molecule has 0 bridgehead atoms. The summed E-state index contributed by atoms with van der Waals surface area (Å²) >= 11 is 1.36. The van der Waals surface area contributed by atoms with Gasteiger partial charge in [0.15, 0.2) is 10.9 Å². The normalized spacial score (nSPS) is 10.9. The molecule has 2 aromatic rings. The minimum absolute atomic E-state index is 0.0390. The van der Waals surface area contributed by atoms with E-state index in [1.807, 2.05) is 20.8 Å². The van der Waals surface area contributed by atoms with Crippen LogP contribution in [-0.2, 0) is 4.79 Å². The predicted molar refractivity (Wildman–Crippen MR) is 113 cm³/mol. The number of aromatic nitrogens is 1. The molecule has 1 aromatic carbocycles. The van der Waals surface area contributed by atoms with Crippen molar-refractivity contribution < 1.29 is 14.4 Å². The lowest BCUT2D eigenvalue weighted by Crippen LogP contribution is -2.34. The fourth-order valence-corrected chi connectivity index (χ4v) is 3.27. The maximum Gasteiger partial charge on any atom is 0.319 e. The van der Waals surface area contributed by atoms with E-state index in [-0.39, 0.29) is 23.8 Å². The van der Waals surface area contributed by atoms with Crippen molar-refractivity contribution in [1.29, 1.82) is 0 Å². The van der Waals surface area contributed by atoms with Gasteiger partial charge in [0.25, 0.3) is 0 Å². The summed E-state index contributed by atoms with van der Waals surface area (Å²) in [7, 11) is 0. The number of anilines is 2. The Bertz CT molecular complexity index is 872. The number of hydrogen-bond acceptors (Lipinski definition) is 5. The molecule has 1 aromatic heterocycles. The monoisotopic (exact) mass is 400 g/mol. The first-order valence-corrected chi connectivity index (χ1v) is 9.81. The number of nitrogens with one attached hydrogen (secondary N) is 2. The van der Waals surface area contributed by atoms with Crippen molar-refractivity contribution in [1.82, 2.24) is 10.3 Å². The van der Waals surface area contributed by atoms with Crippen LogP contribution in [0.2, 0.25) is 0 Å². The molecule has 8 heteroatoms. The molecule has 1 heterocycles. The van der Waals surface area contributed by atoms with E-state index in [1.54, 1.807) is 40.6 Å². The third kappa shape index (κ3) is 6.02. The summed E-state index contributed by atoms with van der Waals surface area (Å²) in [5.74, 6) is -0.245. The highest BCUT2D eigenvalue weighted by Gasteiger charge is 2.12. The predicted octanol–water partition coefficient (Wildman–Crippen LogP) is 3.94. The smallest absolute Gasteiger partial charge is 0.319 e. The second-order valence-electron chi connectivity index (χ2n) is 6.35. The molecule has 7 nitrogen and oxygen atoms in total. The summed E-state index contributed by atoms with van der Waals surface area (Å²) in [5.41, 5.74) is 1.73. The fourth-order valence-electron chi connectivity index (χ4n) is 2.37. The van der Waals surface area contributed by atoms with Gasteiger partial charge in [0.1, 0.15) is 0 Å². The molecule has 0 saturated carbocycles. The molecule has 2 N–H and O–H groups in total. The summed E-state index contributed by atoms with van der Waals surface area (Å²) in [4.78, 5) is 41.5. The first kappa shape index (κ1) is 21.3. The van der Waals surface area contributed by atoms with Crippen molar-refractivity contribution >= 4 is 46.0 Å². The van der Waals surface area contributed by atoms with Gasteiger partial charge in [-0.15, -0.1) is 11.3 Å². The highest BCUT2D eigenvalue weighted by atomic mass is 32.1. The lowest BCUT2D eigenvalue weighted by molar-refractivity contribution is -0.116.